The predicted molar refractivity (Wildman–Crippen MR) is 84.5 cm³/mol. The number of anilines is 1. The van der Waals surface area contributed by atoms with Gasteiger partial charge in [0.1, 0.15) is 18.1 Å². The van der Waals surface area contributed by atoms with Gasteiger partial charge in [-0.15, -0.1) is 0 Å². The number of methoxy groups -OCH3 is 1. The first-order chi connectivity index (χ1) is 10.5. The van der Waals surface area contributed by atoms with E-state index >= 15 is 0 Å². The van der Waals surface area contributed by atoms with Crippen molar-refractivity contribution in [1.29, 1.82) is 0 Å². The maximum Gasteiger partial charge on any atom is 0.200 e. The summed E-state index contributed by atoms with van der Waals surface area (Å²) in [6.07, 6.45) is 0. The molecule has 0 spiro atoms. The first-order valence-electron chi connectivity index (χ1n) is 6.62. The van der Waals surface area contributed by atoms with E-state index in [1.165, 1.54) is 11.5 Å². The van der Waals surface area contributed by atoms with Gasteiger partial charge in [0.05, 0.1) is 12.0 Å². The molecule has 1 aliphatic heterocycles. The molecule has 0 amide bonds. The van der Waals surface area contributed by atoms with E-state index in [1.807, 2.05) is 6.07 Å². The van der Waals surface area contributed by atoms with Gasteiger partial charge in [-0.25, -0.2) is 8.42 Å². The van der Waals surface area contributed by atoms with Gasteiger partial charge in [-0.1, -0.05) is 6.07 Å². The highest BCUT2D eigenvalue weighted by molar-refractivity contribution is 7.95. The SMILES string of the molecule is COc1cccc(OCC2=CS(=O)(=O)c3ccc(N)cc32)c1. The van der Waals surface area contributed by atoms with Crippen LogP contribution in [-0.2, 0) is 9.84 Å². The average molecular weight is 317 g/mol. The number of ether oxygens (including phenoxy) is 2. The monoisotopic (exact) mass is 317 g/mol. The molecule has 0 radical (unpaired) electrons. The Balaban J connectivity index is 1.86. The standard InChI is InChI=1S/C16H15NO4S/c1-20-13-3-2-4-14(8-13)21-9-11-10-22(18,19)16-6-5-12(17)7-15(11)16/h2-8,10H,9,17H2,1H3. The van der Waals surface area contributed by atoms with Crippen molar-refractivity contribution in [2.75, 3.05) is 19.5 Å². The van der Waals surface area contributed by atoms with Crippen LogP contribution in [0.4, 0.5) is 5.69 Å². The number of hydrogen-bond acceptors (Lipinski definition) is 5. The molecular formula is C16H15NO4S. The summed E-state index contributed by atoms with van der Waals surface area (Å²) in [5, 5.41) is 1.23. The van der Waals surface area contributed by atoms with Crippen LogP contribution in [0.25, 0.3) is 5.57 Å². The molecule has 0 fully saturated rings. The van der Waals surface area contributed by atoms with Gasteiger partial charge >= 0.3 is 0 Å². The molecule has 0 saturated heterocycles. The van der Waals surface area contributed by atoms with Gasteiger partial charge in [-0.2, -0.15) is 0 Å². The minimum absolute atomic E-state index is 0.142. The molecule has 2 aromatic carbocycles. The van der Waals surface area contributed by atoms with Gasteiger partial charge in [0, 0.05) is 28.3 Å². The zero-order valence-corrected chi connectivity index (χ0v) is 12.8. The molecule has 1 heterocycles. The van der Waals surface area contributed by atoms with Crippen molar-refractivity contribution in [2.24, 2.45) is 0 Å². The maximum atomic E-state index is 12.1. The number of nitrogens with two attached hydrogens (primary N) is 1. The molecule has 114 valence electrons. The van der Waals surface area contributed by atoms with E-state index in [1.54, 1.807) is 37.4 Å². The molecule has 0 unspecified atom stereocenters. The largest absolute Gasteiger partial charge is 0.497 e. The lowest BCUT2D eigenvalue weighted by atomic mass is 10.1. The first-order valence-corrected chi connectivity index (χ1v) is 8.16. The predicted octanol–water partition coefficient (Wildman–Crippen LogP) is 2.48. The van der Waals surface area contributed by atoms with E-state index in [0.717, 1.165) is 0 Å². The normalized spacial score (nSPS) is 15.0. The first kappa shape index (κ1) is 14.5. The molecule has 5 nitrogen and oxygen atoms in total. The number of benzene rings is 2. The smallest absolute Gasteiger partial charge is 0.200 e. The highest BCUT2D eigenvalue weighted by atomic mass is 32.2. The fourth-order valence-corrected chi connectivity index (χ4v) is 3.78. The number of fused-ring (bicyclic) bond motifs is 1. The molecule has 0 aromatic heterocycles. The Bertz CT molecular complexity index is 856. The molecule has 0 aliphatic carbocycles. The maximum absolute atomic E-state index is 12.1. The van der Waals surface area contributed by atoms with Crippen LogP contribution in [0.1, 0.15) is 5.56 Å². The van der Waals surface area contributed by atoms with Crippen LogP contribution in [0.15, 0.2) is 52.8 Å². The van der Waals surface area contributed by atoms with Gasteiger partial charge in [-0.3, -0.25) is 0 Å². The van der Waals surface area contributed by atoms with E-state index in [9.17, 15) is 8.42 Å². The van der Waals surface area contributed by atoms with Crippen LogP contribution in [0, 0.1) is 0 Å². The fourth-order valence-electron chi connectivity index (χ4n) is 2.32. The third kappa shape index (κ3) is 2.65. The Kier molecular flexibility index (Phi) is 3.54. The Morgan fingerprint density at radius 2 is 1.86 bits per heavy atom. The van der Waals surface area contributed by atoms with Crippen LogP contribution in [0.2, 0.25) is 0 Å². The molecule has 22 heavy (non-hydrogen) atoms. The number of hydrogen-bond donors (Lipinski definition) is 1. The van der Waals surface area contributed by atoms with Crippen LogP contribution in [0.3, 0.4) is 0 Å². The van der Waals surface area contributed by atoms with Crippen LogP contribution >= 0.6 is 0 Å². The molecule has 0 saturated carbocycles. The lowest BCUT2D eigenvalue weighted by Crippen LogP contribution is -2.00. The summed E-state index contributed by atoms with van der Waals surface area (Å²) in [4.78, 5) is 0.269. The second-order valence-corrected chi connectivity index (χ2v) is 6.68. The Morgan fingerprint density at radius 3 is 2.64 bits per heavy atom. The Morgan fingerprint density at radius 1 is 1.09 bits per heavy atom. The number of sulfone groups is 1. The lowest BCUT2D eigenvalue weighted by molar-refractivity contribution is 0.363. The second-order valence-electron chi connectivity index (χ2n) is 4.91. The minimum atomic E-state index is -3.41. The summed E-state index contributed by atoms with van der Waals surface area (Å²) in [7, 11) is -1.84. The molecule has 2 aromatic rings. The molecule has 0 atom stereocenters. The molecule has 0 bridgehead atoms. The van der Waals surface area contributed by atoms with E-state index in [-0.39, 0.29) is 11.5 Å². The van der Waals surface area contributed by atoms with Gasteiger partial charge in [0.2, 0.25) is 9.84 Å². The highest BCUT2D eigenvalue weighted by Crippen LogP contribution is 2.35. The Labute approximate surface area is 128 Å². The summed E-state index contributed by atoms with van der Waals surface area (Å²) in [5.41, 5.74) is 7.45. The van der Waals surface area contributed by atoms with E-state index < -0.39 is 9.84 Å². The fraction of sp³-hybridized carbons (Fsp3) is 0.125. The quantitative estimate of drug-likeness (QED) is 0.877. The second kappa shape index (κ2) is 5.38. The van der Waals surface area contributed by atoms with E-state index in [0.29, 0.717) is 28.3 Å². The molecule has 1 aliphatic rings. The summed E-state index contributed by atoms with van der Waals surface area (Å²) in [5.74, 6) is 1.28. The summed E-state index contributed by atoms with van der Waals surface area (Å²) >= 11 is 0. The summed E-state index contributed by atoms with van der Waals surface area (Å²) in [6, 6.07) is 11.9. The van der Waals surface area contributed by atoms with Crippen LogP contribution in [0.5, 0.6) is 11.5 Å². The summed E-state index contributed by atoms with van der Waals surface area (Å²) < 4.78 is 35.0. The van der Waals surface area contributed by atoms with Gasteiger partial charge in [-0.05, 0) is 30.3 Å². The number of nitrogen functional groups attached to an aromatic ring is 1. The third-order valence-electron chi connectivity index (χ3n) is 3.39. The Hall–Kier alpha value is -2.47. The average Bonchev–Trinajstić information content (AvgIpc) is 2.76. The van der Waals surface area contributed by atoms with Crippen molar-refractivity contribution in [1.82, 2.24) is 0 Å². The van der Waals surface area contributed by atoms with Crippen molar-refractivity contribution < 1.29 is 17.9 Å². The molecule has 2 N–H and O–H groups in total. The van der Waals surface area contributed by atoms with Gasteiger partial charge < -0.3 is 15.2 Å². The third-order valence-corrected chi connectivity index (χ3v) is 4.95. The molecule has 6 heteroatoms. The molecule has 3 rings (SSSR count). The zero-order valence-electron chi connectivity index (χ0n) is 11.9. The number of rotatable bonds is 4. The van der Waals surface area contributed by atoms with Crippen molar-refractivity contribution in [3.8, 4) is 11.5 Å². The van der Waals surface area contributed by atoms with Crippen molar-refractivity contribution in [3.63, 3.8) is 0 Å². The van der Waals surface area contributed by atoms with Crippen molar-refractivity contribution in [2.45, 2.75) is 4.90 Å². The van der Waals surface area contributed by atoms with E-state index in [4.69, 9.17) is 15.2 Å². The van der Waals surface area contributed by atoms with Crippen molar-refractivity contribution in [3.05, 3.63) is 53.4 Å². The zero-order chi connectivity index (χ0) is 15.7. The van der Waals surface area contributed by atoms with Gasteiger partial charge in [0.15, 0.2) is 0 Å². The minimum Gasteiger partial charge on any atom is -0.497 e. The highest BCUT2D eigenvalue weighted by Gasteiger charge is 2.27. The molecular weight excluding hydrogens is 302 g/mol. The lowest BCUT2D eigenvalue weighted by Gasteiger charge is -2.09. The van der Waals surface area contributed by atoms with Gasteiger partial charge in [0.25, 0.3) is 0 Å². The summed E-state index contributed by atoms with van der Waals surface area (Å²) in [6.45, 7) is 0.142. The van der Waals surface area contributed by atoms with Crippen molar-refractivity contribution >= 4 is 21.1 Å². The van der Waals surface area contributed by atoms with E-state index in [2.05, 4.69) is 0 Å². The topological polar surface area (TPSA) is 78.6 Å². The van der Waals surface area contributed by atoms with Crippen LogP contribution in [-0.4, -0.2) is 22.1 Å². The van der Waals surface area contributed by atoms with Crippen LogP contribution < -0.4 is 15.2 Å².